The fraction of sp³-hybridized carbons (Fsp3) is 0.600. The summed E-state index contributed by atoms with van der Waals surface area (Å²) in [5.74, 6) is 1.61. The number of nitrogens with one attached hydrogen (secondary N) is 1. The lowest BCUT2D eigenvalue weighted by molar-refractivity contribution is -0.0273. The van der Waals surface area contributed by atoms with Gasteiger partial charge >= 0.3 is 6.09 Å². The molecule has 1 atom stereocenters. The zero-order valence-electron chi connectivity index (χ0n) is 19.2. The molecule has 1 N–H and O–H groups in total. The third-order valence-corrected chi connectivity index (χ3v) is 7.53. The van der Waals surface area contributed by atoms with Gasteiger partial charge in [0.15, 0.2) is 0 Å². The zero-order valence-corrected chi connectivity index (χ0v) is 19.2. The summed E-state index contributed by atoms with van der Waals surface area (Å²) >= 11 is 0. The zero-order chi connectivity index (χ0) is 22.1. The largest absolute Gasteiger partial charge is 0.475 e. The Morgan fingerprint density at radius 3 is 2.62 bits per heavy atom. The van der Waals surface area contributed by atoms with Crippen LogP contribution in [0.15, 0.2) is 24.3 Å². The van der Waals surface area contributed by atoms with Crippen molar-refractivity contribution in [2.75, 3.05) is 26.2 Å². The predicted molar refractivity (Wildman–Crippen MR) is 120 cm³/mol. The van der Waals surface area contributed by atoms with Crippen molar-refractivity contribution in [3.05, 3.63) is 41.1 Å². The molecule has 1 amide bonds. The van der Waals surface area contributed by atoms with Crippen molar-refractivity contribution in [3.63, 3.8) is 0 Å². The summed E-state index contributed by atoms with van der Waals surface area (Å²) in [5.41, 5.74) is 4.60. The molecule has 3 heterocycles. The van der Waals surface area contributed by atoms with Gasteiger partial charge < -0.3 is 14.8 Å². The van der Waals surface area contributed by atoms with Gasteiger partial charge in [-0.25, -0.2) is 9.48 Å². The molecule has 7 nitrogen and oxygen atoms in total. The van der Waals surface area contributed by atoms with Gasteiger partial charge in [-0.05, 0) is 69.1 Å². The van der Waals surface area contributed by atoms with Crippen LogP contribution in [0, 0.1) is 5.92 Å². The van der Waals surface area contributed by atoms with Crippen LogP contribution in [0.1, 0.15) is 62.9 Å². The summed E-state index contributed by atoms with van der Waals surface area (Å²) in [6.07, 6.45) is 4.51. The highest BCUT2D eigenvalue weighted by atomic mass is 16.6. The van der Waals surface area contributed by atoms with Crippen LogP contribution in [0.4, 0.5) is 4.79 Å². The predicted octanol–water partition coefficient (Wildman–Crippen LogP) is 3.74. The van der Waals surface area contributed by atoms with Gasteiger partial charge in [0, 0.05) is 26.1 Å². The van der Waals surface area contributed by atoms with Gasteiger partial charge in [-0.3, -0.25) is 4.90 Å². The summed E-state index contributed by atoms with van der Waals surface area (Å²) in [5, 5.41) is 8.29. The number of aromatic nitrogens is 2. The highest BCUT2D eigenvalue weighted by Gasteiger charge is 2.57. The van der Waals surface area contributed by atoms with Gasteiger partial charge in [0.2, 0.25) is 5.88 Å². The molecule has 1 aromatic carbocycles. The number of nitrogens with zero attached hydrogens (tertiary/aromatic N) is 3. The molecule has 0 radical (unpaired) electrons. The quantitative estimate of drug-likeness (QED) is 0.777. The molecule has 2 aromatic rings. The standard InChI is InChI=1S/C25H32N4O3/c1-24(2,3)32-23(30)28-10-8-19-21-20(28)15-26-9-11-31-22(21)27-29(19)18-6-4-17(5-7-18)25-12-16(13-25)14-25/h4-7,16,20,26H,8-15H2,1-3H3/t16?,20-,25?/m0/s1. The van der Waals surface area contributed by atoms with Crippen LogP contribution in [0.5, 0.6) is 5.88 Å². The van der Waals surface area contributed by atoms with Crippen LogP contribution in [0.3, 0.4) is 0 Å². The molecule has 3 aliphatic carbocycles. The summed E-state index contributed by atoms with van der Waals surface area (Å²) < 4.78 is 13.8. The van der Waals surface area contributed by atoms with E-state index in [1.54, 1.807) is 0 Å². The summed E-state index contributed by atoms with van der Waals surface area (Å²) in [4.78, 5) is 14.8. The van der Waals surface area contributed by atoms with Crippen molar-refractivity contribution >= 4 is 6.09 Å². The molecule has 0 unspecified atom stereocenters. The highest BCUT2D eigenvalue weighted by Crippen LogP contribution is 2.65. The molecule has 3 fully saturated rings. The van der Waals surface area contributed by atoms with E-state index in [0.29, 0.717) is 31.0 Å². The molecular formula is C25H32N4O3. The lowest BCUT2D eigenvalue weighted by Crippen LogP contribution is -2.55. The molecule has 0 spiro atoms. The Labute approximate surface area is 189 Å². The first-order valence-electron chi connectivity index (χ1n) is 11.9. The average molecular weight is 437 g/mol. The Morgan fingerprint density at radius 2 is 1.97 bits per heavy atom. The SMILES string of the molecule is CC(C)(C)OC(=O)N1CCc2c3c(nn2-c2ccc(C45CC(C4)C5)cc2)OCCNC[C@@H]31. The molecule has 32 heavy (non-hydrogen) atoms. The second-order valence-electron chi connectivity index (χ2n) is 10.9. The molecule has 3 saturated carbocycles. The topological polar surface area (TPSA) is 68.6 Å². The van der Waals surface area contributed by atoms with E-state index in [0.717, 1.165) is 35.8 Å². The molecule has 170 valence electrons. The van der Waals surface area contributed by atoms with Gasteiger partial charge in [0.25, 0.3) is 0 Å². The number of carbonyl (C=O) groups excluding carboxylic acids is 1. The van der Waals surface area contributed by atoms with E-state index in [-0.39, 0.29) is 12.1 Å². The number of ether oxygens (including phenoxy) is 2. The van der Waals surface area contributed by atoms with E-state index in [2.05, 4.69) is 29.6 Å². The van der Waals surface area contributed by atoms with E-state index >= 15 is 0 Å². The maximum Gasteiger partial charge on any atom is 0.410 e. The highest BCUT2D eigenvalue weighted by molar-refractivity contribution is 5.70. The lowest BCUT2D eigenvalue weighted by atomic mass is 9.42. The number of amides is 1. The first-order valence-corrected chi connectivity index (χ1v) is 11.9. The number of carbonyl (C=O) groups is 1. The summed E-state index contributed by atoms with van der Waals surface area (Å²) in [6, 6.07) is 8.80. The molecule has 1 aromatic heterocycles. The molecule has 0 saturated heterocycles. The van der Waals surface area contributed by atoms with Crippen LogP contribution < -0.4 is 10.1 Å². The van der Waals surface area contributed by atoms with E-state index in [1.807, 2.05) is 30.4 Å². The van der Waals surface area contributed by atoms with Crippen LogP contribution in [0.25, 0.3) is 5.69 Å². The molecule has 2 bridgehead atoms. The number of hydrogen-bond donors (Lipinski definition) is 1. The van der Waals surface area contributed by atoms with Crippen molar-refractivity contribution in [2.45, 2.75) is 63.5 Å². The summed E-state index contributed by atoms with van der Waals surface area (Å²) in [6.45, 7) is 8.25. The number of benzene rings is 1. The Kier molecular flexibility index (Phi) is 4.38. The third-order valence-electron chi connectivity index (χ3n) is 7.53. The molecule has 7 rings (SSSR count). The van der Waals surface area contributed by atoms with E-state index in [1.165, 1.54) is 24.8 Å². The van der Waals surface area contributed by atoms with Gasteiger partial charge in [0.05, 0.1) is 23.0 Å². The smallest absolute Gasteiger partial charge is 0.410 e. The van der Waals surface area contributed by atoms with E-state index in [4.69, 9.17) is 14.6 Å². The minimum atomic E-state index is -0.530. The number of rotatable bonds is 2. The van der Waals surface area contributed by atoms with Crippen molar-refractivity contribution < 1.29 is 14.3 Å². The first kappa shape index (κ1) is 20.1. The van der Waals surface area contributed by atoms with Gasteiger partial charge in [-0.15, -0.1) is 5.10 Å². The summed E-state index contributed by atoms with van der Waals surface area (Å²) in [7, 11) is 0. The minimum absolute atomic E-state index is 0.155. The molecule has 5 aliphatic rings. The van der Waals surface area contributed by atoms with Crippen molar-refractivity contribution in [1.29, 1.82) is 0 Å². The van der Waals surface area contributed by atoms with Crippen molar-refractivity contribution in [1.82, 2.24) is 20.0 Å². The second-order valence-corrected chi connectivity index (χ2v) is 10.9. The maximum atomic E-state index is 13.0. The fourth-order valence-electron chi connectivity index (χ4n) is 5.87. The normalized spacial score (nSPS) is 28.4. The Morgan fingerprint density at radius 1 is 1.22 bits per heavy atom. The van der Waals surface area contributed by atoms with Crippen LogP contribution in [-0.2, 0) is 16.6 Å². The monoisotopic (exact) mass is 436 g/mol. The van der Waals surface area contributed by atoms with Gasteiger partial charge in [-0.1, -0.05) is 12.1 Å². The Balaban J connectivity index is 1.34. The maximum absolute atomic E-state index is 13.0. The Bertz CT molecular complexity index is 1040. The molecule has 7 heteroatoms. The molecule has 2 aliphatic heterocycles. The van der Waals surface area contributed by atoms with E-state index in [9.17, 15) is 4.79 Å². The fourth-order valence-corrected chi connectivity index (χ4v) is 5.87. The number of hydrogen-bond acceptors (Lipinski definition) is 5. The third kappa shape index (κ3) is 3.12. The lowest BCUT2D eigenvalue weighted by Gasteiger charge is -2.62. The van der Waals surface area contributed by atoms with Crippen LogP contribution in [0.2, 0.25) is 0 Å². The van der Waals surface area contributed by atoms with E-state index < -0.39 is 5.60 Å². The second kappa shape index (κ2) is 6.98. The van der Waals surface area contributed by atoms with Gasteiger partial charge in [0.1, 0.15) is 12.2 Å². The average Bonchev–Trinajstić information content (AvgIpc) is 3.01. The first-order chi connectivity index (χ1) is 15.3. The Hall–Kier alpha value is -2.54. The van der Waals surface area contributed by atoms with Crippen LogP contribution in [-0.4, -0.2) is 52.6 Å². The van der Waals surface area contributed by atoms with Crippen molar-refractivity contribution in [3.8, 4) is 11.6 Å². The van der Waals surface area contributed by atoms with Crippen molar-refractivity contribution in [2.24, 2.45) is 5.92 Å². The minimum Gasteiger partial charge on any atom is -0.475 e. The molecular weight excluding hydrogens is 404 g/mol. The van der Waals surface area contributed by atoms with Crippen LogP contribution >= 0.6 is 0 Å². The van der Waals surface area contributed by atoms with Gasteiger partial charge in [-0.2, -0.15) is 0 Å².